The molecule has 1 unspecified atom stereocenters. The summed E-state index contributed by atoms with van der Waals surface area (Å²) in [5.41, 5.74) is 0.751. The Balaban J connectivity index is 2.96. The first-order valence-corrected chi connectivity index (χ1v) is 5.68. The van der Waals surface area contributed by atoms with Crippen LogP contribution in [0.2, 0.25) is 0 Å². The van der Waals surface area contributed by atoms with Crippen LogP contribution in [0.25, 0.3) is 0 Å². The van der Waals surface area contributed by atoms with Crippen molar-refractivity contribution in [2.45, 2.75) is 40.2 Å². The summed E-state index contributed by atoms with van der Waals surface area (Å²) in [6, 6.07) is 0. The third kappa shape index (κ3) is 3.17. The minimum absolute atomic E-state index is 0.00968. The van der Waals surface area contributed by atoms with Crippen LogP contribution in [-0.2, 0) is 6.42 Å². The van der Waals surface area contributed by atoms with E-state index in [2.05, 4.69) is 23.8 Å². The first-order chi connectivity index (χ1) is 7.41. The lowest BCUT2D eigenvalue weighted by atomic mass is 10.0. The Bertz CT molecular complexity index is 396. The maximum atomic E-state index is 11.7. The average molecular weight is 224 g/mol. The van der Waals surface area contributed by atoms with E-state index in [1.165, 1.54) is 0 Å². The molecule has 0 aliphatic rings. The highest BCUT2D eigenvalue weighted by Crippen LogP contribution is 2.15. The zero-order valence-electron chi connectivity index (χ0n) is 10.3. The molecule has 1 aromatic rings. The molecule has 0 spiro atoms. The highest BCUT2D eigenvalue weighted by Gasteiger charge is 2.17. The molecule has 4 heteroatoms. The van der Waals surface area contributed by atoms with Crippen molar-refractivity contribution < 1.29 is 5.11 Å². The number of aromatic nitrogens is 2. The van der Waals surface area contributed by atoms with E-state index in [-0.39, 0.29) is 17.2 Å². The molecule has 0 saturated carbocycles. The number of rotatable bonds is 4. The molecule has 0 radical (unpaired) electrons. The smallest absolute Gasteiger partial charge is 0.272 e. The minimum Gasteiger partial charge on any atom is -0.386 e. The van der Waals surface area contributed by atoms with Crippen LogP contribution in [0.4, 0.5) is 0 Å². The number of hydrogen-bond donors (Lipinski definition) is 2. The normalized spacial score (nSPS) is 13.4. The molecule has 0 fully saturated rings. The molecule has 0 amide bonds. The van der Waals surface area contributed by atoms with E-state index in [1.807, 2.05) is 13.8 Å². The van der Waals surface area contributed by atoms with Gasteiger partial charge in [0, 0.05) is 11.9 Å². The fourth-order valence-corrected chi connectivity index (χ4v) is 1.52. The van der Waals surface area contributed by atoms with E-state index < -0.39 is 6.10 Å². The highest BCUT2D eigenvalue weighted by atomic mass is 16.3. The van der Waals surface area contributed by atoms with Crippen molar-refractivity contribution in [2.75, 3.05) is 0 Å². The van der Waals surface area contributed by atoms with Crippen molar-refractivity contribution >= 4 is 0 Å². The van der Waals surface area contributed by atoms with Gasteiger partial charge in [-0.15, -0.1) is 0 Å². The van der Waals surface area contributed by atoms with Crippen LogP contribution in [-0.4, -0.2) is 15.1 Å². The van der Waals surface area contributed by atoms with Gasteiger partial charge in [0.05, 0.1) is 0 Å². The summed E-state index contributed by atoms with van der Waals surface area (Å²) in [6.07, 6.45) is 1.64. The molecule has 0 aliphatic heterocycles. The summed E-state index contributed by atoms with van der Waals surface area (Å²) in [5.74, 6) is 0.461. The molecule has 1 rings (SSSR count). The van der Waals surface area contributed by atoms with E-state index in [0.717, 1.165) is 12.1 Å². The van der Waals surface area contributed by atoms with Crippen molar-refractivity contribution in [3.05, 3.63) is 27.9 Å². The standard InChI is InChI=1S/C12H20N2O2/c1-7(2)5-9-6-13-10(12(16)14-9)11(15)8(3)4/h6-8,11,15H,5H2,1-4H3,(H,14,16). The Morgan fingerprint density at radius 1 is 1.38 bits per heavy atom. The summed E-state index contributed by atoms with van der Waals surface area (Å²) in [7, 11) is 0. The number of nitrogens with zero attached hydrogens (tertiary/aromatic N) is 1. The van der Waals surface area contributed by atoms with E-state index in [4.69, 9.17) is 0 Å². The van der Waals surface area contributed by atoms with Gasteiger partial charge in [-0.1, -0.05) is 27.7 Å². The van der Waals surface area contributed by atoms with E-state index in [1.54, 1.807) is 6.20 Å². The van der Waals surface area contributed by atoms with Crippen molar-refractivity contribution in [1.82, 2.24) is 9.97 Å². The molecule has 4 nitrogen and oxygen atoms in total. The Labute approximate surface area is 95.7 Å². The second kappa shape index (κ2) is 5.25. The van der Waals surface area contributed by atoms with Gasteiger partial charge in [-0.2, -0.15) is 0 Å². The summed E-state index contributed by atoms with van der Waals surface area (Å²) in [5, 5.41) is 9.77. The second-order valence-electron chi connectivity index (χ2n) is 4.91. The Hall–Kier alpha value is -1.16. The van der Waals surface area contributed by atoms with Gasteiger partial charge in [0.1, 0.15) is 11.8 Å². The number of aliphatic hydroxyl groups excluding tert-OH is 1. The zero-order valence-corrected chi connectivity index (χ0v) is 10.3. The van der Waals surface area contributed by atoms with E-state index in [9.17, 15) is 9.90 Å². The van der Waals surface area contributed by atoms with Crippen molar-refractivity contribution in [1.29, 1.82) is 0 Å². The van der Waals surface area contributed by atoms with Crippen LogP contribution in [0, 0.1) is 11.8 Å². The predicted molar refractivity (Wildman–Crippen MR) is 63.2 cm³/mol. The third-order valence-electron chi connectivity index (χ3n) is 2.41. The van der Waals surface area contributed by atoms with Gasteiger partial charge >= 0.3 is 0 Å². The fraction of sp³-hybridized carbons (Fsp3) is 0.667. The molecular formula is C12H20N2O2. The lowest BCUT2D eigenvalue weighted by Gasteiger charge is -2.13. The summed E-state index contributed by atoms with van der Waals surface area (Å²) < 4.78 is 0. The van der Waals surface area contributed by atoms with E-state index >= 15 is 0 Å². The fourth-order valence-electron chi connectivity index (χ4n) is 1.52. The number of aromatic amines is 1. The van der Waals surface area contributed by atoms with Crippen LogP contribution in [0.5, 0.6) is 0 Å². The van der Waals surface area contributed by atoms with Gasteiger partial charge in [0.15, 0.2) is 0 Å². The summed E-state index contributed by atoms with van der Waals surface area (Å²) >= 11 is 0. The molecule has 0 aromatic carbocycles. The van der Waals surface area contributed by atoms with Crippen LogP contribution in [0.1, 0.15) is 45.2 Å². The molecule has 1 aromatic heterocycles. The molecule has 0 saturated heterocycles. The minimum atomic E-state index is -0.795. The first kappa shape index (κ1) is 12.9. The summed E-state index contributed by atoms with van der Waals surface area (Å²) in [6.45, 7) is 7.87. The maximum Gasteiger partial charge on any atom is 0.272 e. The SMILES string of the molecule is CC(C)Cc1cnc(C(O)C(C)C)c(=O)[nH]1. The molecule has 0 bridgehead atoms. The Morgan fingerprint density at radius 2 is 2.00 bits per heavy atom. The van der Waals surface area contributed by atoms with Crippen LogP contribution >= 0.6 is 0 Å². The van der Waals surface area contributed by atoms with Gasteiger partial charge < -0.3 is 10.1 Å². The Kier molecular flexibility index (Phi) is 4.24. The lowest BCUT2D eigenvalue weighted by molar-refractivity contribution is 0.121. The number of aliphatic hydroxyl groups is 1. The quantitative estimate of drug-likeness (QED) is 0.817. The Morgan fingerprint density at radius 3 is 2.44 bits per heavy atom. The van der Waals surface area contributed by atoms with Gasteiger partial charge in [-0.25, -0.2) is 0 Å². The molecule has 16 heavy (non-hydrogen) atoms. The topological polar surface area (TPSA) is 66.0 Å². The van der Waals surface area contributed by atoms with Gasteiger partial charge in [-0.05, 0) is 18.3 Å². The molecule has 0 aliphatic carbocycles. The first-order valence-electron chi connectivity index (χ1n) is 5.68. The molecule has 2 N–H and O–H groups in total. The highest BCUT2D eigenvalue weighted by molar-refractivity contribution is 5.06. The van der Waals surface area contributed by atoms with Gasteiger partial charge in [0.2, 0.25) is 0 Å². The zero-order chi connectivity index (χ0) is 12.3. The van der Waals surface area contributed by atoms with Crippen LogP contribution < -0.4 is 5.56 Å². The number of H-pyrrole nitrogens is 1. The average Bonchev–Trinajstić information content (AvgIpc) is 2.15. The second-order valence-corrected chi connectivity index (χ2v) is 4.91. The third-order valence-corrected chi connectivity index (χ3v) is 2.41. The van der Waals surface area contributed by atoms with Crippen LogP contribution in [0.15, 0.2) is 11.0 Å². The largest absolute Gasteiger partial charge is 0.386 e. The monoisotopic (exact) mass is 224 g/mol. The predicted octanol–water partition coefficient (Wildman–Crippen LogP) is 1.66. The van der Waals surface area contributed by atoms with E-state index in [0.29, 0.717) is 5.92 Å². The van der Waals surface area contributed by atoms with Gasteiger partial charge in [-0.3, -0.25) is 9.78 Å². The van der Waals surface area contributed by atoms with Crippen molar-refractivity contribution in [3.8, 4) is 0 Å². The molecular weight excluding hydrogens is 204 g/mol. The van der Waals surface area contributed by atoms with Crippen molar-refractivity contribution in [2.24, 2.45) is 11.8 Å². The lowest BCUT2D eigenvalue weighted by Crippen LogP contribution is -2.23. The summed E-state index contributed by atoms with van der Waals surface area (Å²) in [4.78, 5) is 18.5. The molecule has 1 heterocycles. The van der Waals surface area contributed by atoms with Gasteiger partial charge in [0.25, 0.3) is 5.56 Å². The number of hydrogen-bond acceptors (Lipinski definition) is 3. The van der Waals surface area contributed by atoms with Crippen LogP contribution in [0.3, 0.4) is 0 Å². The maximum absolute atomic E-state index is 11.7. The van der Waals surface area contributed by atoms with Crippen molar-refractivity contribution in [3.63, 3.8) is 0 Å². The molecule has 1 atom stereocenters. The number of nitrogens with one attached hydrogen (secondary N) is 1. The molecule has 90 valence electrons.